The van der Waals surface area contributed by atoms with Gasteiger partial charge in [-0.05, 0) is 12.8 Å². The minimum absolute atomic E-state index is 0.127. The van der Waals surface area contributed by atoms with Gasteiger partial charge >= 0.3 is 5.97 Å². The zero-order valence-corrected chi connectivity index (χ0v) is 8.66. The fraction of sp³-hybridized carbons (Fsp3) is 0.700. The molecule has 0 aliphatic rings. The highest BCUT2D eigenvalue weighted by Crippen LogP contribution is 1.98. The zero-order chi connectivity index (χ0) is 10.3. The molecule has 0 saturated heterocycles. The standard InChI is InChI=1S/C10H19NO2/c1-4-5-6-11(7-9(2)3)8-10(12)13/h4-5,9H,6-8H2,1-3H3,(H,12,13). The van der Waals surface area contributed by atoms with Crippen molar-refractivity contribution in [2.75, 3.05) is 19.6 Å². The van der Waals surface area contributed by atoms with Crippen LogP contribution in [0, 0.1) is 5.92 Å². The van der Waals surface area contributed by atoms with Crippen molar-refractivity contribution in [3.8, 4) is 0 Å². The van der Waals surface area contributed by atoms with Gasteiger partial charge in [0.15, 0.2) is 0 Å². The van der Waals surface area contributed by atoms with E-state index in [4.69, 9.17) is 5.11 Å². The second-order valence-corrected chi connectivity index (χ2v) is 3.55. The highest BCUT2D eigenvalue weighted by atomic mass is 16.4. The summed E-state index contributed by atoms with van der Waals surface area (Å²) in [7, 11) is 0. The van der Waals surface area contributed by atoms with Crippen molar-refractivity contribution >= 4 is 5.97 Å². The molecule has 0 aromatic rings. The van der Waals surface area contributed by atoms with Gasteiger partial charge in [-0.15, -0.1) is 0 Å². The van der Waals surface area contributed by atoms with E-state index in [1.807, 2.05) is 24.0 Å². The van der Waals surface area contributed by atoms with Gasteiger partial charge in [0, 0.05) is 13.1 Å². The lowest BCUT2D eigenvalue weighted by Gasteiger charge is -2.20. The summed E-state index contributed by atoms with van der Waals surface area (Å²) in [4.78, 5) is 12.4. The monoisotopic (exact) mass is 185 g/mol. The van der Waals surface area contributed by atoms with Crippen LogP contribution in [0.2, 0.25) is 0 Å². The molecule has 13 heavy (non-hydrogen) atoms. The van der Waals surface area contributed by atoms with E-state index in [0.29, 0.717) is 5.92 Å². The molecule has 0 aliphatic heterocycles. The van der Waals surface area contributed by atoms with Crippen molar-refractivity contribution in [1.82, 2.24) is 4.90 Å². The van der Waals surface area contributed by atoms with Gasteiger partial charge in [0.2, 0.25) is 0 Å². The number of carboxylic acids is 1. The zero-order valence-electron chi connectivity index (χ0n) is 8.66. The van der Waals surface area contributed by atoms with E-state index in [-0.39, 0.29) is 6.54 Å². The minimum Gasteiger partial charge on any atom is -0.480 e. The summed E-state index contributed by atoms with van der Waals surface area (Å²) in [6.07, 6.45) is 3.92. The van der Waals surface area contributed by atoms with Crippen LogP contribution < -0.4 is 0 Å². The van der Waals surface area contributed by atoms with Gasteiger partial charge in [0.1, 0.15) is 0 Å². The molecule has 0 aromatic carbocycles. The number of nitrogens with zero attached hydrogens (tertiary/aromatic N) is 1. The summed E-state index contributed by atoms with van der Waals surface area (Å²) in [6.45, 7) is 7.80. The first-order valence-electron chi connectivity index (χ1n) is 4.61. The van der Waals surface area contributed by atoms with Crippen LogP contribution in [0.25, 0.3) is 0 Å². The third-order valence-corrected chi connectivity index (χ3v) is 1.58. The third kappa shape index (κ3) is 7.53. The summed E-state index contributed by atoms with van der Waals surface area (Å²) in [5.41, 5.74) is 0. The molecule has 0 bridgehead atoms. The molecule has 0 rings (SSSR count). The average molecular weight is 185 g/mol. The average Bonchev–Trinajstić information content (AvgIpc) is 1.98. The summed E-state index contributed by atoms with van der Waals surface area (Å²) < 4.78 is 0. The lowest BCUT2D eigenvalue weighted by atomic mass is 10.2. The van der Waals surface area contributed by atoms with Gasteiger partial charge < -0.3 is 5.11 Å². The first kappa shape index (κ1) is 12.2. The molecule has 1 N–H and O–H groups in total. The number of carbonyl (C=O) groups is 1. The van der Waals surface area contributed by atoms with E-state index in [1.54, 1.807) is 0 Å². The molecule has 0 spiro atoms. The summed E-state index contributed by atoms with van der Waals surface area (Å²) >= 11 is 0. The second kappa shape index (κ2) is 6.66. The first-order valence-corrected chi connectivity index (χ1v) is 4.61. The molecule has 3 nitrogen and oxygen atoms in total. The minimum atomic E-state index is -0.759. The first-order chi connectivity index (χ1) is 6.06. The SMILES string of the molecule is CC=CCN(CC(=O)O)CC(C)C. The lowest BCUT2D eigenvalue weighted by Crippen LogP contribution is -2.33. The van der Waals surface area contributed by atoms with Gasteiger partial charge in [0.25, 0.3) is 0 Å². The summed E-state index contributed by atoms with van der Waals surface area (Å²) in [6, 6.07) is 0. The molecule has 0 saturated carbocycles. The Morgan fingerprint density at radius 3 is 2.54 bits per heavy atom. The van der Waals surface area contributed by atoms with E-state index in [9.17, 15) is 4.79 Å². The predicted molar refractivity (Wildman–Crippen MR) is 53.7 cm³/mol. The molecule has 0 atom stereocenters. The molecule has 0 aromatic heterocycles. The number of hydrogen-bond acceptors (Lipinski definition) is 2. The van der Waals surface area contributed by atoms with E-state index in [2.05, 4.69) is 13.8 Å². The van der Waals surface area contributed by atoms with Crippen molar-refractivity contribution in [1.29, 1.82) is 0 Å². The molecule has 3 heteroatoms. The summed E-state index contributed by atoms with van der Waals surface area (Å²) in [5.74, 6) is -0.255. The van der Waals surface area contributed by atoms with Crippen molar-refractivity contribution in [2.45, 2.75) is 20.8 Å². The Morgan fingerprint density at radius 1 is 1.54 bits per heavy atom. The van der Waals surface area contributed by atoms with Gasteiger partial charge in [-0.1, -0.05) is 26.0 Å². The van der Waals surface area contributed by atoms with Crippen LogP contribution in [0.1, 0.15) is 20.8 Å². The molecule has 76 valence electrons. The molecular formula is C10H19NO2. The highest BCUT2D eigenvalue weighted by molar-refractivity contribution is 5.69. The molecule has 0 amide bonds. The second-order valence-electron chi connectivity index (χ2n) is 3.55. The van der Waals surface area contributed by atoms with Crippen LogP contribution >= 0.6 is 0 Å². The lowest BCUT2D eigenvalue weighted by molar-refractivity contribution is -0.138. The Balaban J connectivity index is 3.94. The molecule has 0 fully saturated rings. The largest absolute Gasteiger partial charge is 0.480 e. The van der Waals surface area contributed by atoms with E-state index in [0.717, 1.165) is 13.1 Å². The maximum absolute atomic E-state index is 10.5. The fourth-order valence-electron chi connectivity index (χ4n) is 1.17. The van der Waals surface area contributed by atoms with Crippen molar-refractivity contribution in [3.05, 3.63) is 12.2 Å². The topological polar surface area (TPSA) is 40.5 Å². The fourth-order valence-corrected chi connectivity index (χ4v) is 1.17. The maximum Gasteiger partial charge on any atom is 0.317 e. The molecule has 0 heterocycles. The van der Waals surface area contributed by atoms with Gasteiger partial charge in [0.05, 0.1) is 6.54 Å². The van der Waals surface area contributed by atoms with Crippen LogP contribution in [0.3, 0.4) is 0 Å². The summed E-state index contributed by atoms with van der Waals surface area (Å²) in [5, 5.41) is 8.63. The smallest absolute Gasteiger partial charge is 0.317 e. The maximum atomic E-state index is 10.5. The number of carboxylic acid groups (broad SMARTS) is 1. The third-order valence-electron chi connectivity index (χ3n) is 1.58. The number of allylic oxidation sites excluding steroid dienone is 1. The molecule has 0 unspecified atom stereocenters. The van der Waals surface area contributed by atoms with Crippen LogP contribution in [0.15, 0.2) is 12.2 Å². The quantitative estimate of drug-likeness (QED) is 0.639. The number of hydrogen-bond donors (Lipinski definition) is 1. The Morgan fingerprint density at radius 2 is 2.15 bits per heavy atom. The van der Waals surface area contributed by atoms with Crippen LogP contribution in [0.5, 0.6) is 0 Å². The Bertz CT molecular complexity index is 176. The van der Waals surface area contributed by atoms with Crippen molar-refractivity contribution in [3.63, 3.8) is 0 Å². The normalized spacial score (nSPS) is 11.8. The molecular weight excluding hydrogens is 166 g/mol. The van der Waals surface area contributed by atoms with Crippen molar-refractivity contribution < 1.29 is 9.90 Å². The van der Waals surface area contributed by atoms with E-state index >= 15 is 0 Å². The predicted octanol–water partition coefficient (Wildman–Crippen LogP) is 1.61. The van der Waals surface area contributed by atoms with Crippen LogP contribution in [-0.2, 0) is 4.79 Å². The molecule has 0 aliphatic carbocycles. The van der Waals surface area contributed by atoms with Crippen molar-refractivity contribution in [2.24, 2.45) is 5.92 Å². The Labute approximate surface area is 80.0 Å². The Hall–Kier alpha value is -0.830. The van der Waals surface area contributed by atoms with Gasteiger partial charge in [-0.2, -0.15) is 0 Å². The Kier molecular flexibility index (Phi) is 6.24. The molecule has 0 radical (unpaired) electrons. The van der Waals surface area contributed by atoms with Crippen LogP contribution in [-0.4, -0.2) is 35.6 Å². The number of aliphatic carboxylic acids is 1. The van der Waals surface area contributed by atoms with Gasteiger partial charge in [-0.25, -0.2) is 0 Å². The van der Waals surface area contributed by atoms with Gasteiger partial charge in [-0.3, -0.25) is 9.69 Å². The van der Waals surface area contributed by atoms with E-state index in [1.165, 1.54) is 0 Å². The highest BCUT2D eigenvalue weighted by Gasteiger charge is 2.08. The van der Waals surface area contributed by atoms with E-state index < -0.39 is 5.97 Å². The number of rotatable bonds is 6. The van der Waals surface area contributed by atoms with Crippen LogP contribution in [0.4, 0.5) is 0 Å².